The van der Waals surface area contributed by atoms with E-state index in [-0.39, 0.29) is 10.6 Å². The molecule has 0 amide bonds. The number of aromatic nitrogens is 2. The average molecular weight is 259 g/mol. The highest BCUT2D eigenvalue weighted by Crippen LogP contribution is 2.19. The molecule has 1 aromatic rings. The number of rotatable bonds is 6. The van der Waals surface area contributed by atoms with E-state index in [1.807, 2.05) is 18.9 Å². The van der Waals surface area contributed by atoms with E-state index in [1.165, 1.54) is 4.68 Å². The van der Waals surface area contributed by atoms with Gasteiger partial charge in [-0.1, -0.05) is 18.5 Å². The fourth-order valence-electron chi connectivity index (χ4n) is 1.54. The van der Waals surface area contributed by atoms with E-state index >= 15 is 0 Å². The quantitative estimate of drug-likeness (QED) is 0.830. The van der Waals surface area contributed by atoms with E-state index < -0.39 is 0 Å². The van der Waals surface area contributed by atoms with Crippen LogP contribution in [0.4, 0.5) is 5.69 Å². The Bertz CT molecular complexity index is 418. The molecule has 0 saturated heterocycles. The Labute approximate surface area is 106 Å². The Morgan fingerprint density at radius 3 is 2.88 bits per heavy atom. The van der Waals surface area contributed by atoms with Crippen LogP contribution in [0.3, 0.4) is 0 Å². The summed E-state index contributed by atoms with van der Waals surface area (Å²) in [6.07, 6.45) is 3.34. The van der Waals surface area contributed by atoms with Gasteiger partial charge in [0.2, 0.25) is 0 Å². The molecule has 0 spiro atoms. The molecule has 2 N–H and O–H groups in total. The molecule has 0 aliphatic rings. The number of hydrogen-bond donors (Lipinski definition) is 1. The van der Waals surface area contributed by atoms with Crippen molar-refractivity contribution in [3.63, 3.8) is 0 Å². The van der Waals surface area contributed by atoms with Gasteiger partial charge in [-0.15, -0.1) is 0 Å². The third-order valence-electron chi connectivity index (χ3n) is 2.51. The molecule has 0 atom stereocenters. The first-order valence-electron chi connectivity index (χ1n) is 5.78. The third-order valence-corrected chi connectivity index (χ3v) is 2.87. The van der Waals surface area contributed by atoms with E-state index in [9.17, 15) is 4.79 Å². The summed E-state index contributed by atoms with van der Waals surface area (Å²) in [5, 5.41) is 4.33. The summed E-state index contributed by atoms with van der Waals surface area (Å²) in [4.78, 5) is 13.8. The van der Waals surface area contributed by atoms with E-state index in [0.29, 0.717) is 18.8 Å². The zero-order chi connectivity index (χ0) is 12.8. The summed E-state index contributed by atoms with van der Waals surface area (Å²) in [5.41, 5.74) is 5.88. The molecule has 5 nitrogen and oxygen atoms in total. The van der Waals surface area contributed by atoms with Crippen molar-refractivity contribution in [2.45, 2.75) is 26.3 Å². The maximum absolute atomic E-state index is 11.9. The monoisotopic (exact) mass is 258 g/mol. The van der Waals surface area contributed by atoms with Crippen LogP contribution in [0.25, 0.3) is 0 Å². The summed E-state index contributed by atoms with van der Waals surface area (Å²) in [5.74, 6) is 0. The van der Waals surface area contributed by atoms with Crippen molar-refractivity contribution in [1.82, 2.24) is 9.78 Å². The van der Waals surface area contributed by atoms with Gasteiger partial charge in [-0.25, -0.2) is 4.68 Å². The molecule has 0 unspecified atom stereocenters. The van der Waals surface area contributed by atoms with Crippen LogP contribution in [-0.4, -0.2) is 29.9 Å². The molecule has 1 aromatic heterocycles. The maximum Gasteiger partial charge on any atom is 0.287 e. The molecular formula is C11H19ClN4O. The van der Waals surface area contributed by atoms with Gasteiger partial charge in [0.1, 0.15) is 5.02 Å². The molecule has 96 valence electrons. The van der Waals surface area contributed by atoms with E-state index in [1.54, 1.807) is 6.20 Å². The fraction of sp³-hybridized carbons (Fsp3) is 0.636. The van der Waals surface area contributed by atoms with Crippen LogP contribution in [0, 0.1) is 0 Å². The molecule has 17 heavy (non-hydrogen) atoms. The molecule has 0 saturated carbocycles. The lowest BCUT2D eigenvalue weighted by Gasteiger charge is -2.19. The minimum atomic E-state index is -0.231. The van der Waals surface area contributed by atoms with Gasteiger partial charge >= 0.3 is 0 Å². The molecule has 0 radical (unpaired) electrons. The van der Waals surface area contributed by atoms with Crippen LogP contribution in [0.1, 0.15) is 19.8 Å². The molecule has 1 rings (SSSR count). The molecule has 1 heterocycles. The Balaban J connectivity index is 2.95. The van der Waals surface area contributed by atoms with Crippen molar-refractivity contribution >= 4 is 17.3 Å². The number of anilines is 1. The lowest BCUT2D eigenvalue weighted by Crippen LogP contribution is -2.28. The van der Waals surface area contributed by atoms with Crippen LogP contribution in [0.5, 0.6) is 0 Å². The van der Waals surface area contributed by atoms with Gasteiger partial charge in [-0.05, 0) is 19.4 Å². The van der Waals surface area contributed by atoms with Gasteiger partial charge < -0.3 is 10.6 Å². The van der Waals surface area contributed by atoms with Crippen molar-refractivity contribution in [2.75, 3.05) is 25.0 Å². The first kappa shape index (κ1) is 14.0. The van der Waals surface area contributed by atoms with Gasteiger partial charge in [0.25, 0.3) is 5.56 Å². The molecule has 0 aromatic carbocycles. The predicted molar refractivity (Wildman–Crippen MR) is 70.7 cm³/mol. The summed E-state index contributed by atoms with van der Waals surface area (Å²) in [6, 6.07) is 0. The Kier molecular flexibility index (Phi) is 5.44. The summed E-state index contributed by atoms with van der Waals surface area (Å²) >= 11 is 6.06. The zero-order valence-electron chi connectivity index (χ0n) is 10.3. The number of halogens is 1. The topological polar surface area (TPSA) is 64.2 Å². The Morgan fingerprint density at radius 2 is 2.29 bits per heavy atom. The summed E-state index contributed by atoms with van der Waals surface area (Å²) in [6.45, 7) is 3.95. The first-order chi connectivity index (χ1) is 8.11. The second-order valence-electron chi connectivity index (χ2n) is 3.94. The SMILES string of the molecule is CCCn1ncc(N(C)CCCN)c(Cl)c1=O. The molecule has 0 aliphatic carbocycles. The normalized spacial score (nSPS) is 10.6. The maximum atomic E-state index is 11.9. The summed E-state index contributed by atoms with van der Waals surface area (Å²) in [7, 11) is 1.88. The minimum Gasteiger partial charge on any atom is -0.372 e. The van der Waals surface area contributed by atoms with Crippen LogP contribution < -0.4 is 16.2 Å². The van der Waals surface area contributed by atoms with E-state index in [0.717, 1.165) is 19.4 Å². The standard InChI is InChI=1S/C11H19ClN4O/c1-3-6-16-11(17)10(12)9(8-14-16)15(2)7-4-5-13/h8H,3-7,13H2,1-2H3. The fourth-order valence-corrected chi connectivity index (χ4v) is 1.83. The second-order valence-corrected chi connectivity index (χ2v) is 4.31. The van der Waals surface area contributed by atoms with Crippen molar-refractivity contribution in [2.24, 2.45) is 5.73 Å². The molecular weight excluding hydrogens is 240 g/mol. The molecule has 6 heteroatoms. The Morgan fingerprint density at radius 1 is 1.59 bits per heavy atom. The zero-order valence-corrected chi connectivity index (χ0v) is 11.1. The number of hydrogen-bond acceptors (Lipinski definition) is 4. The number of nitrogens with zero attached hydrogens (tertiary/aromatic N) is 3. The highest BCUT2D eigenvalue weighted by molar-refractivity contribution is 6.33. The summed E-state index contributed by atoms with van der Waals surface area (Å²) < 4.78 is 1.39. The van der Waals surface area contributed by atoms with Crippen LogP contribution in [-0.2, 0) is 6.54 Å². The van der Waals surface area contributed by atoms with Gasteiger partial charge in [0.05, 0.1) is 11.9 Å². The first-order valence-corrected chi connectivity index (χ1v) is 6.16. The third kappa shape index (κ3) is 3.44. The van der Waals surface area contributed by atoms with E-state index in [2.05, 4.69) is 5.10 Å². The molecule has 0 bridgehead atoms. The van der Waals surface area contributed by atoms with Crippen molar-refractivity contribution < 1.29 is 0 Å². The van der Waals surface area contributed by atoms with Crippen LogP contribution in [0.2, 0.25) is 5.02 Å². The molecule has 0 fully saturated rings. The lowest BCUT2D eigenvalue weighted by atomic mass is 10.3. The number of aryl methyl sites for hydroxylation is 1. The minimum absolute atomic E-state index is 0.230. The smallest absolute Gasteiger partial charge is 0.287 e. The van der Waals surface area contributed by atoms with Crippen molar-refractivity contribution in [3.8, 4) is 0 Å². The predicted octanol–water partition coefficient (Wildman–Crippen LogP) is 1.09. The van der Waals surface area contributed by atoms with Gasteiger partial charge in [0.15, 0.2) is 0 Å². The van der Waals surface area contributed by atoms with Crippen LogP contribution in [0.15, 0.2) is 11.0 Å². The number of nitrogens with two attached hydrogens (primary N) is 1. The highest BCUT2D eigenvalue weighted by Gasteiger charge is 2.11. The highest BCUT2D eigenvalue weighted by atomic mass is 35.5. The van der Waals surface area contributed by atoms with E-state index in [4.69, 9.17) is 17.3 Å². The second kappa shape index (κ2) is 6.61. The van der Waals surface area contributed by atoms with Crippen molar-refractivity contribution in [3.05, 3.63) is 21.6 Å². The largest absolute Gasteiger partial charge is 0.372 e. The van der Waals surface area contributed by atoms with Gasteiger partial charge in [-0.2, -0.15) is 5.10 Å². The molecule has 0 aliphatic heterocycles. The van der Waals surface area contributed by atoms with Gasteiger partial charge in [0, 0.05) is 20.1 Å². The van der Waals surface area contributed by atoms with Crippen molar-refractivity contribution in [1.29, 1.82) is 0 Å². The van der Waals surface area contributed by atoms with Gasteiger partial charge in [-0.3, -0.25) is 4.79 Å². The Hall–Kier alpha value is -1.07. The average Bonchev–Trinajstić information content (AvgIpc) is 2.32. The lowest BCUT2D eigenvalue weighted by molar-refractivity contribution is 0.567. The van der Waals surface area contributed by atoms with Crippen LogP contribution >= 0.6 is 11.6 Å².